The standard InChI is InChI=1S/C21H33N7O4/c1-16-6-7-17(32-16)20-23-25-28(24-20)15-19(30)27(14-18(29)22-21(2,3)4)9-5-8-26-10-12-31-13-11-26/h6-7H,5,8-15H2,1-4H3,(H,22,29). The molecule has 0 saturated carbocycles. The number of hydrogen-bond donors (Lipinski definition) is 1. The third-order valence-electron chi connectivity index (χ3n) is 4.90. The van der Waals surface area contributed by atoms with E-state index in [2.05, 4.69) is 25.6 Å². The van der Waals surface area contributed by atoms with Gasteiger partial charge in [-0.1, -0.05) is 0 Å². The minimum atomic E-state index is -0.372. The maximum Gasteiger partial charge on any atom is 0.246 e. The molecule has 2 amide bonds. The minimum absolute atomic E-state index is 0.0157. The Morgan fingerprint density at radius 3 is 2.62 bits per heavy atom. The number of aryl methyl sites for hydroxylation is 1. The third-order valence-corrected chi connectivity index (χ3v) is 4.90. The summed E-state index contributed by atoms with van der Waals surface area (Å²) in [6.45, 7) is 12.0. The largest absolute Gasteiger partial charge is 0.458 e. The molecule has 3 heterocycles. The van der Waals surface area contributed by atoms with Gasteiger partial charge in [0.1, 0.15) is 12.3 Å². The van der Waals surface area contributed by atoms with E-state index in [1.165, 1.54) is 4.80 Å². The van der Waals surface area contributed by atoms with E-state index in [9.17, 15) is 9.59 Å². The molecule has 0 spiro atoms. The number of ether oxygens (including phenoxy) is 1. The van der Waals surface area contributed by atoms with E-state index in [4.69, 9.17) is 9.15 Å². The number of furan rings is 1. The van der Waals surface area contributed by atoms with Crippen LogP contribution < -0.4 is 5.32 Å². The van der Waals surface area contributed by atoms with Crippen molar-refractivity contribution in [3.8, 4) is 11.6 Å². The van der Waals surface area contributed by atoms with Gasteiger partial charge >= 0.3 is 0 Å². The van der Waals surface area contributed by atoms with E-state index in [0.29, 0.717) is 18.1 Å². The Morgan fingerprint density at radius 1 is 1.22 bits per heavy atom. The van der Waals surface area contributed by atoms with E-state index >= 15 is 0 Å². The molecule has 1 aliphatic heterocycles. The zero-order valence-corrected chi connectivity index (χ0v) is 19.3. The topological polar surface area (TPSA) is 119 Å². The molecule has 1 N–H and O–H groups in total. The van der Waals surface area contributed by atoms with Gasteiger partial charge in [-0.2, -0.15) is 4.80 Å². The number of amides is 2. The number of carbonyl (C=O) groups excluding carboxylic acids is 2. The van der Waals surface area contributed by atoms with Gasteiger partial charge in [0, 0.05) is 31.7 Å². The van der Waals surface area contributed by atoms with E-state index in [0.717, 1.165) is 45.0 Å². The Labute approximate surface area is 188 Å². The van der Waals surface area contributed by atoms with Crippen LogP contribution in [0, 0.1) is 6.92 Å². The lowest BCUT2D eigenvalue weighted by Crippen LogP contribution is -2.48. The van der Waals surface area contributed by atoms with Crippen LogP contribution in [0.15, 0.2) is 16.5 Å². The molecule has 0 unspecified atom stereocenters. The quantitative estimate of drug-likeness (QED) is 0.597. The van der Waals surface area contributed by atoms with Crippen LogP contribution in [0.5, 0.6) is 0 Å². The fraction of sp³-hybridized carbons (Fsp3) is 0.667. The molecule has 0 aromatic carbocycles. The lowest BCUT2D eigenvalue weighted by atomic mass is 10.1. The van der Waals surface area contributed by atoms with Gasteiger partial charge in [-0.25, -0.2) is 0 Å². The summed E-state index contributed by atoms with van der Waals surface area (Å²) in [6.07, 6.45) is 0.760. The zero-order valence-electron chi connectivity index (χ0n) is 19.3. The fourth-order valence-corrected chi connectivity index (χ4v) is 3.42. The van der Waals surface area contributed by atoms with Crippen LogP contribution in [-0.4, -0.2) is 93.3 Å². The Bertz CT molecular complexity index is 896. The van der Waals surface area contributed by atoms with Crippen molar-refractivity contribution in [2.24, 2.45) is 0 Å². The van der Waals surface area contributed by atoms with Gasteiger partial charge in [-0.15, -0.1) is 10.2 Å². The summed E-state index contributed by atoms with van der Waals surface area (Å²) < 4.78 is 10.9. The van der Waals surface area contributed by atoms with Crippen LogP contribution in [0.4, 0.5) is 0 Å². The summed E-state index contributed by atoms with van der Waals surface area (Å²) in [5.74, 6) is 1.11. The first-order valence-electron chi connectivity index (χ1n) is 10.9. The molecule has 32 heavy (non-hydrogen) atoms. The minimum Gasteiger partial charge on any atom is -0.458 e. The van der Waals surface area contributed by atoms with Gasteiger partial charge in [-0.05, 0) is 51.5 Å². The van der Waals surface area contributed by atoms with Crippen molar-refractivity contribution in [1.82, 2.24) is 35.3 Å². The molecular formula is C21H33N7O4. The molecular weight excluding hydrogens is 414 g/mol. The van der Waals surface area contributed by atoms with Gasteiger partial charge in [-0.3, -0.25) is 14.5 Å². The smallest absolute Gasteiger partial charge is 0.246 e. The van der Waals surface area contributed by atoms with E-state index < -0.39 is 0 Å². The highest BCUT2D eigenvalue weighted by molar-refractivity contribution is 5.85. The number of tetrazole rings is 1. The van der Waals surface area contributed by atoms with Crippen molar-refractivity contribution >= 4 is 11.8 Å². The van der Waals surface area contributed by atoms with E-state index in [-0.39, 0.29) is 30.4 Å². The average molecular weight is 448 g/mol. The molecule has 0 atom stereocenters. The highest BCUT2D eigenvalue weighted by Gasteiger charge is 2.22. The SMILES string of the molecule is Cc1ccc(-c2nnn(CC(=O)N(CCCN3CCOCC3)CC(=O)NC(C)(C)C)n2)o1. The Morgan fingerprint density at radius 2 is 1.97 bits per heavy atom. The van der Waals surface area contributed by atoms with Crippen LogP contribution in [-0.2, 0) is 20.9 Å². The normalized spacial score (nSPS) is 15.0. The van der Waals surface area contributed by atoms with Crippen LogP contribution in [0.3, 0.4) is 0 Å². The number of carbonyl (C=O) groups is 2. The molecule has 1 fully saturated rings. The Balaban J connectivity index is 1.60. The van der Waals surface area contributed by atoms with Gasteiger partial charge in [0.2, 0.25) is 17.6 Å². The molecule has 2 aromatic rings. The summed E-state index contributed by atoms with van der Waals surface area (Å²) in [6, 6.07) is 3.57. The maximum atomic E-state index is 13.0. The molecule has 1 saturated heterocycles. The van der Waals surface area contributed by atoms with Crippen molar-refractivity contribution in [1.29, 1.82) is 0 Å². The maximum absolute atomic E-state index is 13.0. The Kier molecular flexibility index (Phi) is 7.97. The molecule has 0 radical (unpaired) electrons. The van der Waals surface area contributed by atoms with E-state index in [1.807, 2.05) is 33.8 Å². The monoisotopic (exact) mass is 447 g/mol. The van der Waals surface area contributed by atoms with Crippen molar-refractivity contribution in [3.05, 3.63) is 17.9 Å². The second-order valence-corrected chi connectivity index (χ2v) is 8.97. The van der Waals surface area contributed by atoms with Crippen molar-refractivity contribution < 1.29 is 18.7 Å². The molecule has 0 aliphatic carbocycles. The average Bonchev–Trinajstić information content (AvgIpc) is 3.35. The number of rotatable bonds is 9. The predicted molar refractivity (Wildman–Crippen MR) is 117 cm³/mol. The molecule has 1 aliphatic rings. The van der Waals surface area contributed by atoms with Crippen molar-refractivity contribution in [2.45, 2.75) is 46.2 Å². The van der Waals surface area contributed by atoms with Gasteiger partial charge in [0.25, 0.3) is 0 Å². The fourth-order valence-electron chi connectivity index (χ4n) is 3.42. The second kappa shape index (κ2) is 10.7. The van der Waals surface area contributed by atoms with Crippen molar-refractivity contribution in [3.63, 3.8) is 0 Å². The first kappa shape index (κ1) is 23.9. The van der Waals surface area contributed by atoms with Crippen LogP contribution in [0.2, 0.25) is 0 Å². The number of hydrogen-bond acceptors (Lipinski definition) is 8. The lowest BCUT2D eigenvalue weighted by molar-refractivity contribution is -0.137. The predicted octanol–water partition coefficient (Wildman–Crippen LogP) is 0.707. The molecule has 11 heteroatoms. The van der Waals surface area contributed by atoms with Crippen LogP contribution in [0.1, 0.15) is 33.0 Å². The molecule has 0 bridgehead atoms. The molecule has 3 rings (SSSR count). The second-order valence-electron chi connectivity index (χ2n) is 8.97. The highest BCUT2D eigenvalue weighted by Crippen LogP contribution is 2.16. The van der Waals surface area contributed by atoms with E-state index in [1.54, 1.807) is 11.0 Å². The summed E-state index contributed by atoms with van der Waals surface area (Å²) in [4.78, 5) is 30.6. The van der Waals surface area contributed by atoms with Crippen LogP contribution in [0.25, 0.3) is 11.6 Å². The summed E-state index contributed by atoms with van der Waals surface area (Å²) in [7, 11) is 0. The third kappa shape index (κ3) is 7.41. The van der Waals surface area contributed by atoms with Gasteiger partial charge in [0.05, 0.1) is 19.8 Å². The molecule has 11 nitrogen and oxygen atoms in total. The van der Waals surface area contributed by atoms with Gasteiger partial charge in [0.15, 0.2) is 5.76 Å². The first-order chi connectivity index (χ1) is 15.2. The molecule has 176 valence electrons. The number of nitrogens with one attached hydrogen (secondary N) is 1. The first-order valence-corrected chi connectivity index (χ1v) is 10.9. The highest BCUT2D eigenvalue weighted by atomic mass is 16.5. The lowest BCUT2D eigenvalue weighted by Gasteiger charge is -2.29. The summed E-state index contributed by atoms with van der Waals surface area (Å²) in [5.41, 5.74) is -0.372. The molecule has 2 aromatic heterocycles. The number of morpholine rings is 1. The number of aromatic nitrogens is 4. The van der Waals surface area contributed by atoms with Gasteiger partial charge < -0.3 is 19.4 Å². The van der Waals surface area contributed by atoms with Crippen LogP contribution >= 0.6 is 0 Å². The summed E-state index contributed by atoms with van der Waals surface area (Å²) in [5, 5.41) is 15.1. The number of nitrogens with zero attached hydrogens (tertiary/aromatic N) is 6. The summed E-state index contributed by atoms with van der Waals surface area (Å²) >= 11 is 0. The Hall–Kier alpha value is -2.79. The van der Waals surface area contributed by atoms with Crippen molar-refractivity contribution in [2.75, 3.05) is 45.9 Å². The zero-order chi connectivity index (χ0) is 23.1.